The van der Waals surface area contributed by atoms with E-state index in [9.17, 15) is 8.42 Å². The van der Waals surface area contributed by atoms with Gasteiger partial charge < -0.3 is 5.32 Å². The molecule has 0 amide bonds. The van der Waals surface area contributed by atoms with Crippen molar-refractivity contribution in [2.75, 3.05) is 17.3 Å². The number of aryl methyl sites for hydroxylation is 1. The molecule has 1 aromatic carbocycles. The van der Waals surface area contributed by atoms with Gasteiger partial charge in [-0.15, -0.1) is 0 Å². The third-order valence-corrected chi connectivity index (χ3v) is 3.83. The molecule has 2 rings (SSSR count). The molecule has 1 atom stereocenters. The predicted molar refractivity (Wildman–Crippen MR) is 79.4 cm³/mol. The number of aromatic nitrogens is 3. The van der Waals surface area contributed by atoms with E-state index in [4.69, 9.17) is 0 Å². The lowest BCUT2D eigenvalue weighted by Gasteiger charge is -2.16. The minimum Gasteiger partial charge on any atom is -0.381 e. The van der Waals surface area contributed by atoms with Crippen LogP contribution in [0.4, 0.5) is 5.69 Å². The van der Waals surface area contributed by atoms with Crippen LogP contribution >= 0.6 is 0 Å². The Morgan fingerprint density at radius 2 is 2.05 bits per heavy atom. The first-order valence-corrected chi connectivity index (χ1v) is 8.34. The van der Waals surface area contributed by atoms with Gasteiger partial charge in [0.15, 0.2) is 5.82 Å². The molecule has 2 aromatic rings. The number of sulfone groups is 1. The van der Waals surface area contributed by atoms with Crippen LogP contribution in [-0.4, -0.2) is 41.6 Å². The van der Waals surface area contributed by atoms with Crippen molar-refractivity contribution in [3.8, 4) is 11.4 Å². The number of benzene rings is 1. The van der Waals surface area contributed by atoms with Gasteiger partial charge in [-0.05, 0) is 26.0 Å². The molecular formula is C13H18N4O2S. The fraction of sp³-hybridized carbons (Fsp3) is 0.385. The Kier molecular flexibility index (Phi) is 4.08. The number of nitrogens with one attached hydrogen (secondary N) is 2. The number of H-pyrrole nitrogens is 1. The van der Waals surface area contributed by atoms with E-state index >= 15 is 0 Å². The van der Waals surface area contributed by atoms with E-state index in [1.807, 2.05) is 38.1 Å². The van der Waals surface area contributed by atoms with Crippen molar-refractivity contribution in [1.82, 2.24) is 15.2 Å². The van der Waals surface area contributed by atoms with Crippen LogP contribution in [0, 0.1) is 6.92 Å². The van der Waals surface area contributed by atoms with Crippen LogP contribution in [0.5, 0.6) is 0 Å². The fourth-order valence-electron chi connectivity index (χ4n) is 2.03. The molecule has 0 aliphatic heterocycles. The number of rotatable bonds is 5. The molecule has 1 unspecified atom stereocenters. The number of hydrogen-bond acceptors (Lipinski definition) is 5. The van der Waals surface area contributed by atoms with Crippen LogP contribution < -0.4 is 5.32 Å². The second kappa shape index (κ2) is 5.62. The summed E-state index contributed by atoms with van der Waals surface area (Å²) in [7, 11) is -3.02. The highest BCUT2D eigenvalue weighted by molar-refractivity contribution is 7.90. The van der Waals surface area contributed by atoms with Crippen molar-refractivity contribution >= 4 is 15.5 Å². The molecule has 0 bridgehead atoms. The van der Waals surface area contributed by atoms with Crippen molar-refractivity contribution < 1.29 is 8.42 Å². The van der Waals surface area contributed by atoms with Gasteiger partial charge in [0.1, 0.15) is 15.7 Å². The lowest BCUT2D eigenvalue weighted by atomic mass is 10.1. The van der Waals surface area contributed by atoms with E-state index < -0.39 is 9.84 Å². The van der Waals surface area contributed by atoms with Gasteiger partial charge in [0.05, 0.1) is 5.75 Å². The number of nitrogens with zero attached hydrogens (tertiary/aromatic N) is 2. The summed E-state index contributed by atoms with van der Waals surface area (Å²) in [6, 6.07) is 7.38. The maximum Gasteiger partial charge on any atom is 0.183 e. The van der Waals surface area contributed by atoms with Crippen LogP contribution in [0.1, 0.15) is 12.7 Å². The molecule has 0 saturated heterocycles. The molecule has 0 fully saturated rings. The summed E-state index contributed by atoms with van der Waals surface area (Å²) in [5.74, 6) is 1.41. The van der Waals surface area contributed by atoms with E-state index in [1.165, 1.54) is 6.26 Å². The average molecular weight is 294 g/mol. The van der Waals surface area contributed by atoms with Crippen molar-refractivity contribution in [3.63, 3.8) is 0 Å². The molecule has 0 spiro atoms. The van der Waals surface area contributed by atoms with Gasteiger partial charge in [-0.1, -0.05) is 12.1 Å². The molecule has 7 heteroatoms. The number of para-hydroxylation sites is 1. The van der Waals surface area contributed by atoms with Gasteiger partial charge in [0.2, 0.25) is 0 Å². The maximum atomic E-state index is 11.3. The number of aromatic amines is 1. The Morgan fingerprint density at radius 1 is 1.35 bits per heavy atom. The summed E-state index contributed by atoms with van der Waals surface area (Å²) in [5, 5.41) is 10.1. The minimum atomic E-state index is -3.02. The van der Waals surface area contributed by atoms with E-state index in [0.717, 1.165) is 17.1 Å². The highest BCUT2D eigenvalue weighted by Crippen LogP contribution is 2.25. The first-order valence-electron chi connectivity index (χ1n) is 6.28. The third kappa shape index (κ3) is 3.80. The van der Waals surface area contributed by atoms with Gasteiger partial charge in [0, 0.05) is 23.5 Å². The molecule has 0 aliphatic carbocycles. The Hall–Kier alpha value is -1.89. The first kappa shape index (κ1) is 14.5. The summed E-state index contributed by atoms with van der Waals surface area (Å²) < 4.78 is 22.6. The zero-order valence-corrected chi connectivity index (χ0v) is 12.5. The molecule has 2 N–H and O–H groups in total. The Morgan fingerprint density at radius 3 is 2.65 bits per heavy atom. The van der Waals surface area contributed by atoms with Crippen LogP contribution in [0.3, 0.4) is 0 Å². The quantitative estimate of drug-likeness (QED) is 0.875. The lowest BCUT2D eigenvalue weighted by molar-refractivity contribution is 0.598. The van der Waals surface area contributed by atoms with Gasteiger partial charge >= 0.3 is 0 Å². The molecule has 0 radical (unpaired) electrons. The highest BCUT2D eigenvalue weighted by atomic mass is 32.2. The SMILES string of the molecule is Cc1nc(-c2ccccc2NC(C)CS(C)(=O)=O)n[nH]1. The van der Waals surface area contributed by atoms with Gasteiger partial charge in [-0.3, -0.25) is 5.10 Å². The minimum absolute atomic E-state index is 0.0777. The summed E-state index contributed by atoms with van der Waals surface area (Å²) in [6.07, 6.45) is 1.23. The Balaban J connectivity index is 2.25. The molecule has 1 heterocycles. The average Bonchev–Trinajstić information content (AvgIpc) is 2.74. The summed E-state index contributed by atoms with van der Waals surface area (Å²) in [5.41, 5.74) is 1.67. The smallest absolute Gasteiger partial charge is 0.183 e. The monoisotopic (exact) mass is 294 g/mol. The van der Waals surface area contributed by atoms with Crippen LogP contribution in [0.15, 0.2) is 24.3 Å². The third-order valence-electron chi connectivity index (χ3n) is 2.72. The van der Waals surface area contributed by atoms with Crippen LogP contribution in [0.2, 0.25) is 0 Å². The molecule has 0 aliphatic rings. The van der Waals surface area contributed by atoms with E-state index in [-0.39, 0.29) is 11.8 Å². The summed E-state index contributed by atoms with van der Waals surface area (Å²) >= 11 is 0. The number of hydrogen-bond donors (Lipinski definition) is 2. The zero-order chi connectivity index (χ0) is 14.8. The van der Waals surface area contributed by atoms with Gasteiger partial charge in [0.25, 0.3) is 0 Å². The molecule has 20 heavy (non-hydrogen) atoms. The molecule has 0 saturated carbocycles. The van der Waals surface area contributed by atoms with Crippen molar-refractivity contribution in [3.05, 3.63) is 30.1 Å². The molecule has 108 valence electrons. The molecular weight excluding hydrogens is 276 g/mol. The van der Waals surface area contributed by atoms with E-state index in [2.05, 4.69) is 20.5 Å². The van der Waals surface area contributed by atoms with Crippen LogP contribution in [0.25, 0.3) is 11.4 Å². The summed E-state index contributed by atoms with van der Waals surface area (Å²) in [6.45, 7) is 3.67. The first-order chi connectivity index (χ1) is 9.35. The summed E-state index contributed by atoms with van der Waals surface area (Å²) in [4.78, 5) is 4.30. The normalized spacial score (nSPS) is 13.2. The zero-order valence-electron chi connectivity index (χ0n) is 11.7. The Labute approximate surface area is 118 Å². The maximum absolute atomic E-state index is 11.3. The van der Waals surface area contributed by atoms with Crippen LogP contribution in [-0.2, 0) is 9.84 Å². The predicted octanol–water partition coefficient (Wildman–Crippen LogP) is 1.63. The standard InChI is InChI=1S/C13H18N4O2S/c1-9(8-20(3,18)19)14-12-7-5-4-6-11(12)13-15-10(2)16-17-13/h4-7,9,14H,8H2,1-3H3,(H,15,16,17). The second-order valence-corrected chi connectivity index (χ2v) is 7.11. The number of anilines is 1. The van der Waals surface area contributed by atoms with Gasteiger partial charge in [-0.25, -0.2) is 13.4 Å². The second-order valence-electron chi connectivity index (χ2n) is 4.93. The van der Waals surface area contributed by atoms with E-state index in [0.29, 0.717) is 5.82 Å². The Bertz CT molecular complexity index is 694. The van der Waals surface area contributed by atoms with E-state index in [1.54, 1.807) is 0 Å². The molecule has 1 aromatic heterocycles. The van der Waals surface area contributed by atoms with Crippen molar-refractivity contribution in [2.24, 2.45) is 0 Å². The lowest BCUT2D eigenvalue weighted by Crippen LogP contribution is -2.25. The fourth-order valence-corrected chi connectivity index (χ4v) is 3.02. The van der Waals surface area contributed by atoms with Crippen molar-refractivity contribution in [2.45, 2.75) is 19.9 Å². The largest absolute Gasteiger partial charge is 0.381 e. The van der Waals surface area contributed by atoms with Crippen molar-refractivity contribution in [1.29, 1.82) is 0 Å². The topological polar surface area (TPSA) is 87.7 Å². The van der Waals surface area contributed by atoms with Gasteiger partial charge in [-0.2, -0.15) is 5.10 Å². The highest BCUT2D eigenvalue weighted by Gasteiger charge is 2.14. The molecule has 6 nitrogen and oxygen atoms in total.